The largest absolute Gasteiger partial charge is 0.507 e. The van der Waals surface area contributed by atoms with E-state index in [1.54, 1.807) is 0 Å². The first-order chi connectivity index (χ1) is 13.9. The summed E-state index contributed by atoms with van der Waals surface area (Å²) in [6.45, 7) is 17.4. The van der Waals surface area contributed by atoms with Crippen LogP contribution in [0.3, 0.4) is 0 Å². The molecule has 2 heteroatoms. The zero-order valence-corrected chi connectivity index (χ0v) is 21.0. The number of aliphatic hydroxyl groups is 1. The highest BCUT2D eigenvalue weighted by molar-refractivity contribution is 6.30. The molecule has 0 atom stereocenters. The SMILES string of the molecule is CCC/C=C(\C=C\C(C)(C)CCC)C(/O)=C(\C=C(/C)c1ccc(Cl)cc1)C(C)(C)C. The minimum absolute atomic E-state index is 0.108. The van der Waals surface area contributed by atoms with Gasteiger partial charge in [0.05, 0.1) is 0 Å². The summed E-state index contributed by atoms with van der Waals surface area (Å²) in [5.74, 6) is 0.368. The van der Waals surface area contributed by atoms with Crippen LogP contribution < -0.4 is 0 Å². The lowest BCUT2D eigenvalue weighted by Crippen LogP contribution is -2.12. The summed E-state index contributed by atoms with van der Waals surface area (Å²) in [5, 5.41) is 12.1. The summed E-state index contributed by atoms with van der Waals surface area (Å²) in [5.41, 5.74) is 3.97. The molecular weight excluding hydrogens is 388 g/mol. The fourth-order valence-corrected chi connectivity index (χ4v) is 3.52. The van der Waals surface area contributed by atoms with Crippen molar-refractivity contribution in [3.8, 4) is 0 Å². The van der Waals surface area contributed by atoms with E-state index in [1.165, 1.54) is 0 Å². The van der Waals surface area contributed by atoms with Crippen molar-refractivity contribution in [1.82, 2.24) is 0 Å². The summed E-state index contributed by atoms with van der Waals surface area (Å²) in [6, 6.07) is 7.85. The van der Waals surface area contributed by atoms with Crippen molar-refractivity contribution in [3.63, 3.8) is 0 Å². The number of allylic oxidation sites excluding steroid dienone is 6. The molecule has 0 amide bonds. The maximum atomic E-state index is 11.4. The monoisotopic (exact) mass is 428 g/mol. The third-order valence-corrected chi connectivity index (χ3v) is 5.51. The van der Waals surface area contributed by atoms with Crippen LogP contribution in [0, 0.1) is 10.8 Å². The van der Waals surface area contributed by atoms with Gasteiger partial charge in [0.15, 0.2) is 0 Å². The summed E-state index contributed by atoms with van der Waals surface area (Å²) in [6.07, 6.45) is 12.9. The molecular formula is C28H41ClO. The van der Waals surface area contributed by atoms with Gasteiger partial charge in [0.1, 0.15) is 5.76 Å². The molecule has 0 bridgehead atoms. The van der Waals surface area contributed by atoms with Gasteiger partial charge in [-0.25, -0.2) is 0 Å². The van der Waals surface area contributed by atoms with E-state index in [0.717, 1.165) is 53.0 Å². The minimum atomic E-state index is -0.199. The molecule has 166 valence electrons. The molecule has 30 heavy (non-hydrogen) atoms. The molecule has 1 rings (SSSR count). The molecule has 0 radical (unpaired) electrons. The maximum Gasteiger partial charge on any atom is 0.126 e. The van der Waals surface area contributed by atoms with E-state index in [-0.39, 0.29) is 10.8 Å². The Balaban J connectivity index is 3.51. The number of unbranched alkanes of at least 4 members (excludes halogenated alkanes) is 1. The lowest BCUT2D eigenvalue weighted by atomic mass is 9.82. The highest BCUT2D eigenvalue weighted by Crippen LogP contribution is 2.35. The molecule has 1 N–H and O–H groups in total. The van der Waals surface area contributed by atoms with E-state index in [1.807, 2.05) is 24.3 Å². The highest BCUT2D eigenvalue weighted by Gasteiger charge is 2.22. The zero-order valence-electron chi connectivity index (χ0n) is 20.3. The first-order valence-corrected chi connectivity index (χ1v) is 11.6. The highest BCUT2D eigenvalue weighted by atomic mass is 35.5. The van der Waals surface area contributed by atoms with Crippen LogP contribution in [0.4, 0.5) is 0 Å². The van der Waals surface area contributed by atoms with E-state index in [9.17, 15) is 5.11 Å². The quantitative estimate of drug-likeness (QED) is 0.306. The second-order valence-electron chi connectivity index (χ2n) is 9.87. The van der Waals surface area contributed by atoms with Crippen LogP contribution in [0.2, 0.25) is 5.02 Å². The molecule has 0 aliphatic heterocycles. The normalized spacial score (nSPS) is 15.0. The predicted octanol–water partition coefficient (Wildman–Crippen LogP) is 9.71. The molecule has 0 saturated carbocycles. The van der Waals surface area contributed by atoms with Crippen molar-refractivity contribution >= 4 is 17.2 Å². The van der Waals surface area contributed by atoms with Crippen LogP contribution >= 0.6 is 11.6 Å². The fourth-order valence-electron chi connectivity index (χ4n) is 3.39. The third kappa shape index (κ3) is 8.56. The number of hydrogen-bond donors (Lipinski definition) is 1. The number of hydrogen-bond acceptors (Lipinski definition) is 1. The van der Waals surface area contributed by atoms with Crippen molar-refractivity contribution in [2.75, 3.05) is 0 Å². The number of benzene rings is 1. The van der Waals surface area contributed by atoms with Crippen molar-refractivity contribution in [3.05, 3.63) is 76.1 Å². The van der Waals surface area contributed by atoms with Gasteiger partial charge in [-0.05, 0) is 53.9 Å². The Hall–Kier alpha value is -1.73. The van der Waals surface area contributed by atoms with Crippen LogP contribution in [-0.4, -0.2) is 5.11 Å². The number of aliphatic hydroxyl groups excluding tert-OH is 1. The first kappa shape index (κ1) is 26.3. The topological polar surface area (TPSA) is 20.2 Å². The number of rotatable bonds is 9. The Kier molecular flexibility index (Phi) is 10.2. The lowest BCUT2D eigenvalue weighted by Gasteiger charge is -2.24. The summed E-state index contributed by atoms with van der Waals surface area (Å²) in [7, 11) is 0. The predicted molar refractivity (Wildman–Crippen MR) is 135 cm³/mol. The first-order valence-electron chi connectivity index (χ1n) is 11.2. The second-order valence-corrected chi connectivity index (χ2v) is 10.3. The maximum absolute atomic E-state index is 11.4. The number of halogens is 1. The van der Waals surface area contributed by atoms with Crippen molar-refractivity contribution < 1.29 is 5.11 Å². The van der Waals surface area contributed by atoms with Crippen molar-refractivity contribution in [2.24, 2.45) is 10.8 Å². The standard InChI is InChI=1S/C28H41ClO/c1-9-11-12-23(17-19-28(7,8)18-10-2)26(30)25(27(4,5)6)20-21(3)22-13-15-24(29)16-14-22/h12-17,19-20,30H,9-11,18H2,1-8H3/b19-17+,21-20+,23-12+,26-25-. The van der Waals surface area contributed by atoms with Crippen LogP contribution in [-0.2, 0) is 0 Å². The summed E-state index contributed by atoms with van der Waals surface area (Å²) < 4.78 is 0. The summed E-state index contributed by atoms with van der Waals surface area (Å²) >= 11 is 6.05. The van der Waals surface area contributed by atoms with Crippen LogP contribution in [0.15, 0.2) is 65.5 Å². The Bertz CT molecular complexity index is 796. The fraction of sp³-hybridized carbons (Fsp3) is 0.500. The molecule has 0 aromatic heterocycles. The van der Waals surface area contributed by atoms with Gasteiger partial charge in [0.25, 0.3) is 0 Å². The van der Waals surface area contributed by atoms with E-state index >= 15 is 0 Å². The van der Waals surface area contributed by atoms with E-state index < -0.39 is 0 Å². The van der Waals surface area contributed by atoms with E-state index in [2.05, 4.69) is 79.7 Å². The van der Waals surface area contributed by atoms with Crippen LogP contribution in [0.5, 0.6) is 0 Å². The second kappa shape index (κ2) is 11.6. The van der Waals surface area contributed by atoms with E-state index in [4.69, 9.17) is 11.6 Å². The van der Waals surface area contributed by atoms with Crippen molar-refractivity contribution in [1.29, 1.82) is 0 Å². The van der Waals surface area contributed by atoms with Gasteiger partial charge in [0, 0.05) is 16.2 Å². The molecule has 1 aromatic carbocycles. The molecule has 0 spiro atoms. The molecule has 0 heterocycles. The smallest absolute Gasteiger partial charge is 0.126 e. The Morgan fingerprint density at radius 3 is 2.10 bits per heavy atom. The molecule has 0 unspecified atom stereocenters. The Labute approximate surface area is 190 Å². The average molecular weight is 429 g/mol. The van der Waals surface area contributed by atoms with Gasteiger partial charge < -0.3 is 5.11 Å². The Morgan fingerprint density at radius 2 is 1.60 bits per heavy atom. The van der Waals surface area contributed by atoms with E-state index in [0.29, 0.717) is 5.76 Å². The van der Waals surface area contributed by atoms with Gasteiger partial charge in [-0.3, -0.25) is 0 Å². The lowest BCUT2D eigenvalue weighted by molar-refractivity contribution is 0.391. The van der Waals surface area contributed by atoms with Gasteiger partial charge in [0.2, 0.25) is 0 Å². The van der Waals surface area contributed by atoms with Crippen molar-refractivity contribution in [2.45, 2.75) is 81.1 Å². The molecule has 0 fully saturated rings. The molecule has 1 nitrogen and oxygen atoms in total. The van der Waals surface area contributed by atoms with Gasteiger partial charge in [-0.15, -0.1) is 0 Å². The Morgan fingerprint density at radius 1 is 1.00 bits per heavy atom. The molecule has 1 aromatic rings. The molecule has 0 aliphatic carbocycles. The van der Waals surface area contributed by atoms with Gasteiger partial charge in [-0.2, -0.15) is 0 Å². The third-order valence-electron chi connectivity index (χ3n) is 5.26. The van der Waals surface area contributed by atoms with Gasteiger partial charge >= 0.3 is 0 Å². The van der Waals surface area contributed by atoms with Crippen LogP contribution in [0.1, 0.15) is 86.6 Å². The molecule has 0 saturated heterocycles. The summed E-state index contributed by atoms with van der Waals surface area (Å²) in [4.78, 5) is 0. The average Bonchev–Trinajstić information content (AvgIpc) is 2.65. The zero-order chi connectivity index (χ0) is 22.9. The minimum Gasteiger partial charge on any atom is -0.507 e. The van der Waals surface area contributed by atoms with Gasteiger partial charge in [-0.1, -0.05) is 109 Å². The molecule has 0 aliphatic rings. The van der Waals surface area contributed by atoms with Crippen LogP contribution in [0.25, 0.3) is 5.57 Å².